The standard InChI is InChI=1S/C16H20FN3/c1-16(8-2-3-9-18-16)15-19-13-7-4-11(17)10-14(13)20(15)12-5-6-12/h4,7,10,12,18H,2-3,5-6,8-9H2,1H3. The lowest BCUT2D eigenvalue weighted by Gasteiger charge is -2.34. The Labute approximate surface area is 118 Å². The molecule has 1 aliphatic heterocycles. The minimum absolute atomic E-state index is 0.0731. The van der Waals surface area contributed by atoms with Crippen LogP contribution in [0.1, 0.15) is 50.9 Å². The van der Waals surface area contributed by atoms with Crippen molar-refractivity contribution in [2.75, 3.05) is 6.54 Å². The first-order chi connectivity index (χ1) is 9.67. The van der Waals surface area contributed by atoms with Gasteiger partial charge in [0, 0.05) is 6.04 Å². The molecule has 1 saturated heterocycles. The second-order valence-electron chi connectivity index (χ2n) is 6.39. The lowest BCUT2D eigenvalue weighted by atomic mass is 9.90. The van der Waals surface area contributed by atoms with Gasteiger partial charge in [0.15, 0.2) is 0 Å². The van der Waals surface area contributed by atoms with Crippen LogP contribution in [0.4, 0.5) is 4.39 Å². The van der Waals surface area contributed by atoms with Crippen LogP contribution in [-0.2, 0) is 5.54 Å². The zero-order valence-corrected chi connectivity index (χ0v) is 11.8. The van der Waals surface area contributed by atoms with Gasteiger partial charge >= 0.3 is 0 Å². The Morgan fingerprint density at radius 3 is 2.90 bits per heavy atom. The van der Waals surface area contributed by atoms with Crippen LogP contribution in [0.15, 0.2) is 18.2 Å². The zero-order valence-electron chi connectivity index (χ0n) is 11.8. The van der Waals surface area contributed by atoms with Crippen molar-refractivity contribution in [2.24, 2.45) is 0 Å². The van der Waals surface area contributed by atoms with Crippen molar-refractivity contribution in [1.29, 1.82) is 0 Å². The first-order valence-electron chi connectivity index (χ1n) is 7.60. The molecule has 0 amide bonds. The summed E-state index contributed by atoms with van der Waals surface area (Å²) in [4.78, 5) is 4.84. The molecule has 0 spiro atoms. The topological polar surface area (TPSA) is 29.9 Å². The van der Waals surface area contributed by atoms with Crippen molar-refractivity contribution in [3.8, 4) is 0 Å². The summed E-state index contributed by atoms with van der Waals surface area (Å²) in [5, 5.41) is 3.63. The van der Waals surface area contributed by atoms with Gasteiger partial charge in [0.05, 0.1) is 16.6 Å². The highest BCUT2D eigenvalue weighted by molar-refractivity contribution is 5.76. The summed E-state index contributed by atoms with van der Waals surface area (Å²) in [5.74, 6) is 0.924. The first kappa shape index (κ1) is 12.3. The van der Waals surface area contributed by atoms with Gasteiger partial charge in [-0.1, -0.05) is 0 Å². The lowest BCUT2D eigenvalue weighted by Crippen LogP contribution is -2.45. The van der Waals surface area contributed by atoms with Crippen molar-refractivity contribution in [3.05, 3.63) is 29.8 Å². The highest BCUT2D eigenvalue weighted by Crippen LogP contribution is 2.42. The molecule has 0 bridgehead atoms. The molecule has 4 rings (SSSR count). The molecule has 2 aliphatic rings. The van der Waals surface area contributed by atoms with Crippen molar-refractivity contribution >= 4 is 11.0 Å². The average Bonchev–Trinajstić information content (AvgIpc) is 3.20. The summed E-state index contributed by atoms with van der Waals surface area (Å²) in [5.41, 5.74) is 1.80. The number of aromatic nitrogens is 2. The lowest BCUT2D eigenvalue weighted by molar-refractivity contribution is 0.261. The number of piperidine rings is 1. The van der Waals surface area contributed by atoms with Gasteiger partial charge in [0.1, 0.15) is 11.6 Å². The second-order valence-corrected chi connectivity index (χ2v) is 6.39. The van der Waals surface area contributed by atoms with Crippen molar-refractivity contribution in [1.82, 2.24) is 14.9 Å². The molecule has 1 aromatic carbocycles. The molecule has 2 aromatic rings. The number of hydrogen-bond donors (Lipinski definition) is 1. The van der Waals surface area contributed by atoms with Crippen LogP contribution in [0.5, 0.6) is 0 Å². The molecule has 1 aromatic heterocycles. The number of halogens is 1. The Kier molecular flexibility index (Phi) is 2.64. The van der Waals surface area contributed by atoms with E-state index in [4.69, 9.17) is 4.98 Å². The van der Waals surface area contributed by atoms with Crippen LogP contribution in [0.3, 0.4) is 0 Å². The van der Waals surface area contributed by atoms with E-state index in [1.54, 1.807) is 12.1 Å². The molecular weight excluding hydrogens is 253 g/mol. The minimum atomic E-state index is -0.174. The van der Waals surface area contributed by atoms with Crippen LogP contribution in [0.2, 0.25) is 0 Å². The molecule has 1 saturated carbocycles. The van der Waals surface area contributed by atoms with Crippen LogP contribution in [-0.4, -0.2) is 16.1 Å². The smallest absolute Gasteiger partial charge is 0.130 e. The van der Waals surface area contributed by atoms with Crippen molar-refractivity contribution in [3.63, 3.8) is 0 Å². The molecule has 20 heavy (non-hydrogen) atoms. The van der Waals surface area contributed by atoms with E-state index in [0.717, 1.165) is 29.8 Å². The van der Waals surface area contributed by atoms with Crippen LogP contribution >= 0.6 is 0 Å². The van der Waals surface area contributed by atoms with Gasteiger partial charge in [-0.3, -0.25) is 0 Å². The van der Waals surface area contributed by atoms with E-state index in [0.29, 0.717) is 6.04 Å². The van der Waals surface area contributed by atoms with Gasteiger partial charge in [-0.05, 0) is 63.8 Å². The third kappa shape index (κ3) is 1.85. The highest BCUT2D eigenvalue weighted by atomic mass is 19.1. The van der Waals surface area contributed by atoms with Crippen LogP contribution in [0, 0.1) is 5.82 Å². The number of nitrogens with one attached hydrogen (secondary N) is 1. The number of nitrogens with zero attached hydrogens (tertiary/aromatic N) is 2. The SMILES string of the molecule is CC1(c2nc3ccc(F)cc3n2C2CC2)CCCCN1. The normalized spacial score (nSPS) is 27.1. The number of rotatable bonds is 2. The van der Waals surface area contributed by atoms with E-state index in [-0.39, 0.29) is 11.4 Å². The maximum atomic E-state index is 13.6. The van der Waals surface area contributed by atoms with Gasteiger partial charge in [-0.15, -0.1) is 0 Å². The molecule has 1 aliphatic carbocycles. The molecule has 2 heterocycles. The van der Waals surface area contributed by atoms with E-state index < -0.39 is 0 Å². The molecule has 1 atom stereocenters. The third-order valence-electron chi connectivity index (χ3n) is 4.68. The quantitative estimate of drug-likeness (QED) is 0.907. The highest BCUT2D eigenvalue weighted by Gasteiger charge is 2.38. The molecule has 3 nitrogen and oxygen atoms in total. The first-order valence-corrected chi connectivity index (χ1v) is 7.60. The maximum absolute atomic E-state index is 13.6. The number of fused-ring (bicyclic) bond motifs is 1. The van der Waals surface area contributed by atoms with Crippen molar-refractivity contribution < 1.29 is 4.39 Å². The number of hydrogen-bond acceptors (Lipinski definition) is 2. The van der Waals surface area contributed by atoms with Gasteiger partial charge in [0.2, 0.25) is 0 Å². The van der Waals surface area contributed by atoms with E-state index in [2.05, 4.69) is 16.8 Å². The van der Waals surface area contributed by atoms with E-state index in [1.807, 2.05) is 0 Å². The predicted octanol–water partition coefficient (Wildman–Crippen LogP) is 3.50. The zero-order chi connectivity index (χ0) is 13.7. The molecule has 4 heteroatoms. The van der Waals surface area contributed by atoms with Crippen molar-refractivity contribution in [2.45, 2.75) is 50.6 Å². The van der Waals surface area contributed by atoms with Gasteiger partial charge in [0.25, 0.3) is 0 Å². The van der Waals surface area contributed by atoms with E-state index in [9.17, 15) is 4.39 Å². The average molecular weight is 273 g/mol. The molecule has 1 N–H and O–H groups in total. The fourth-order valence-corrected chi connectivity index (χ4v) is 3.40. The van der Waals surface area contributed by atoms with E-state index in [1.165, 1.54) is 31.7 Å². The fourth-order valence-electron chi connectivity index (χ4n) is 3.40. The van der Waals surface area contributed by atoms with Crippen LogP contribution < -0.4 is 5.32 Å². The summed E-state index contributed by atoms with van der Waals surface area (Å²) in [6.07, 6.45) is 5.93. The third-order valence-corrected chi connectivity index (χ3v) is 4.68. The Bertz CT molecular complexity index is 651. The molecular formula is C16H20FN3. The Morgan fingerprint density at radius 2 is 2.20 bits per heavy atom. The second kappa shape index (κ2) is 4.29. The molecule has 106 valence electrons. The summed E-state index contributed by atoms with van der Waals surface area (Å²) in [6.45, 7) is 3.28. The summed E-state index contributed by atoms with van der Waals surface area (Å²) in [6, 6.07) is 5.46. The van der Waals surface area contributed by atoms with Gasteiger partial charge < -0.3 is 9.88 Å². The largest absolute Gasteiger partial charge is 0.323 e. The summed E-state index contributed by atoms with van der Waals surface area (Å²) < 4.78 is 15.9. The predicted molar refractivity (Wildman–Crippen MR) is 77.2 cm³/mol. The summed E-state index contributed by atoms with van der Waals surface area (Å²) >= 11 is 0. The number of benzene rings is 1. The van der Waals surface area contributed by atoms with E-state index >= 15 is 0 Å². The maximum Gasteiger partial charge on any atom is 0.130 e. The monoisotopic (exact) mass is 273 g/mol. The molecule has 1 unspecified atom stereocenters. The van der Waals surface area contributed by atoms with Gasteiger partial charge in [-0.25, -0.2) is 9.37 Å². The Morgan fingerprint density at radius 1 is 1.35 bits per heavy atom. The molecule has 0 radical (unpaired) electrons. The molecule has 2 fully saturated rings. The van der Waals surface area contributed by atoms with Gasteiger partial charge in [-0.2, -0.15) is 0 Å². The number of imidazole rings is 1. The fraction of sp³-hybridized carbons (Fsp3) is 0.562. The summed E-state index contributed by atoms with van der Waals surface area (Å²) in [7, 11) is 0. The Hall–Kier alpha value is -1.42. The minimum Gasteiger partial charge on any atom is -0.323 e. The Balaban J connectivity index is 1.91. The van der Waals surface area contributed by atoms with Crippen LogP contribution in [0.25, 0.3) is 11.0 Å².